The van der Waals surface area contributed by atoms with Gasteiger partial charge in [-0.1, -0.05) is 6.92 Å². The zero-order valence-electron chi connectivity index (χ0n) is 11.7. The maximum absolute atomic E-state index is 11.2. The van der Waals surface area contributed by atoms with E-state index < -0.39 is 4.92 Å². The average Bonchev–Trinajstić information content (AvgIpc) is 3.02. The fraction of sp³-hybridized carbons (Fsp3) is 0.667. The molecule has 7 heteroatoms. The summed E-state index contributed by atoms with van der Waals surface area (Å²) in [7, 11) is 3.55. The third-order valence-corrected chi connectivity index (χ3v) is 3.59. The molecule has 0 aromatic carbocycles. The van der Waals surface area contributed by atoms with E-state index in [1.54, 1.807) is 14.0 Å². The second-order valence-corrected chi connectivity index (χ2v) is 5.17. The smallest absolute Gasteiger partial charge is 0.332 e. The molecule has 2 atom stereocenters. The van der Waals surface area contributed by atoms with Crippen LogP contribution in [0.3, 0.4) is 0 Å². The molecule has 2 unspecified atom stereocenters. The molecule has 19 heavy (non-hydrogen) atoms. The molecule has 0 spiro atoms. The first-order valence-electron chi connectivity index (χ1n) is 6.36. The number of anilines is 2. The van der Waals surface area contributed by atoms with E-state index in [1.807, 2.05) is 11.9 Å². The van der Waals surface area contributed by atoms with E-state index in [9.17, 15) is 10.1 Å². The van der Waals surface area contributed by atoms with Crippen molar-refractivity contribution in [2.75, 3.05) is 30.9 Å². The highest BCUT2D eigenvalue weighted by Crippen LogP contribution is 2.39. The molecule has 1 aliphatic carbocycles. The van der Waals surface area contributed by atoms with Crippen LogP contribution >= 0.6 is 0 Å². The van der Waals surface area contributed by atoms with Crippen molar-refractivity contribution in [2.45, 2.75) is 20.3 Å². The Morgan fingerprint density at radius 1 is 1.53 bits per heavy atom. The van der Waals surface area contributed by atoms with Crippen LogP contribution in [0.2, 0.25) is 0 Å². The van der Waals surface area contributed by atoms with Gasteiger partial charge in [-0.25, -0.2) is 4.98 Å². The van der Waals surface area contributed by atoms with Crippen molar-refractivity contribution in [1.82, 2.24) is 9.97 Å². The highest BCUT2D eigenvalue weighted by Gasteiger charge is 2.35. The van der Waals surface area contributed by atoms with Crippen LogP contribution < -0.4 is 10.2 Å². The Hall–Kier alpha value is -1.92. The van der Waals surface area contributed by atoms with E-state index in [4.69, 9.17) is 0 Å². The highest BCUT2D eigenvalue weighted by atomic mass is 16.6. The van der Waals surface area contributed by atoms with E-state index in [1.165, 1.54) is 6.42 Å². The molecule has 1 aliphatic rings. The third-order valence-electron chi connectivity index (χ3n) is 3.59. The molecule has 1 heterocycles. The van der Waals surface area contributed by atoms with Crippen LogP contribution in [0.1, 0.15) is 19.0 Å². The molecular weight excluding hydrogens is 246 g/mol. The van der Waals surface area contributed by atoms with Crippen molar-refractivity contribution < 1.29 is 4.92 Å². The molecule has 0 radical (unpaired) electrons. The fourth-order valence-electron chi connectivity index (χ4n) is 2.24. The summed E-state index contributed by atoms with van der Waals surface area (Å²) in [5, 5.41) is 14.0. The first kappa shape index (κ1) is 13.5. The summed E-state index contributed by atoms with van der Waals surface area (Å²) >= 11 is 0. The molecule has 0 aliphatic heterocycles. The van der Waals surface area contributed by atoms with Crippen molar-refractivity contribution in [3.8, 4) is 0 Å². The maximum atomic E-state index is 11.2. The van der Waals surface area contributed by atoms with Crippen LogP contribution in [-0.4, -0.2) is 35.5 Å². The predicted molar refractivity (Wildman–Crippen MR) is 73.5 cm³/mol. The van der Waals surface area contributed by atoms with E-state index in [-0.39, 0.29) is 5.69 Å². The Morgan fingerprint density at radius 3 is 2.63 bits per heavy atom. The number of nitrogens with one attached hydrogen (secondary N) is 1. The highest BCUT2D eigenvalue weighted by molar-refractivity contribution is 5.62. The van der Waals surface area contributed by atoms with Gasteiger partial charge in [0.1, 0.15) is 5.69 Å². The van der Waals surface area contributed by atoms with Gasteiger partial charge in [0.2, 0.25) is 11.8 Å². The number of nitro groups is 1. The number of aromatic nitrogens is 2. The fourth-order valence-corrected chi connectivity index (χ4v) is 2.24. The molecule has 1 saturated carbocycles. The van der Waals surface area contributed by atoms with Gasteiger partial charge in [-0.05, 0) is 25.2 Å². The number of aryl methyl sites for hydroxylation is 1. The quantitative estimate of drug-likeness (QED) is 0.646. The van der Waals surface area contributed by atoms with Crippen LogP contribution in [0.5, 0.6) is 0 Å². The lowest BCUT2D eigenvalue weighted by molar-refractivity contribution is -0.385. The minimum atomic E-state index is -0.406. The lowest BCUT2D eigenvalue weighted by Crippen LogP contribution is -2.24. The number of hydrogen-bond acceptors (Lipinski definition) is 6. The summed E-state index contributed by atoms with van der Waals surface area (Å²) in [6, 6.07) is 0. The van der Waals surface area contributed by atoms with Crippen LogP contribution in [-0.2, 0) is 0 Å². The summed E-state index contributed by atoms with van der Waals surface area (Å²) in [6.07, 6.45) is 1.18. The molecular formula is C12H19N5O2. The normalized spacial score (nSPS) is 21.1. The lowest BCUT2D eigenvalue weighted by atomic mass is 10.3. The average molecular weight is 265 g/mol. The van der Waals surface area contributed by atoms with Crippen molar-refractivity contribution >= 4 is 17.5 Å². The zero-order chi connectivity index (χ0) is 14.2. The minimum Gasteiger partial charge on any atom is -0.357 e. The third kappa shape index (κ3) is 2.74. The predicted octanol–water partition coefficient (Wildman–Crippen LogP) is 1.83. The standard InChI is InChI=1S/C12H19N5O2/c1-7-5-9(7)6-16(4)11-10(17(18)19)8(2)14-12(13-3)15-11/h7,9H,5-6H2,1-4H3,(H,13,14,15). The Morgan fingerprint density at radius 2 is 2.16 bits per heavy atom. The van der Waals surface area contributed by atoms with Crippen molar-refractivity contribution in [3.05, 3.63) is 15.8 Å². The van der Waals surface area contributed by atoms with Crippen molar-refractivity contribution in [2.24, 2.45) is 11.8 Å². The largest absolute Gasteiger partial charge is 0.357 e. The van der Waals surface area contributed by atoms with Crippen LogP contribution in [0.4, 0.5) is 17.5 Å². The number of hydrogen-bond donors (Lipinski definition) is 1. The molecule has 2 rings (SSSR count). The summed E-state index contributed by atoms with van der Waals surface area (Å²) < 4.78 is 0. The Balaban J connectivity index is 2.34. The first-order chi connectivity index (χ1) is 8.93. The van der Waals surface area contributed by atoms with Crippen LogP contribution in [0.25, 0.3) is 0 Å². The van der Waals surface area contributed by atoms with E-state index in [0.29, 0.717) is 29.3 Å². The molecule has 0 saturated heterocycles. The summed E-state index contributed by atoms with van der Waals surface area (Å²) in [6.45, 7) is 4.62. The van der Waals surface area contributed by atoms with Crippen LogP contribution in [0, 0.1) is 28.9 Å². The van der Waals surface area contributed by atoms with Gasteiger partial charge in [0.15, 0.2) is 0 Å². The van der Waals surface area contributed by atoms with Gasteiger partial charge >= 0.3 is 5.69 Å². The van der Waals surface area contributed by atoms with Gasteiger partial charge in [0.25, 0.3) is 0 Å². The van der Waals surface area contributed by atoms with Gasteiger partial charge in [-0.15, -0.1) is 0 Å². The number of rotatable bonds is 5. The van der Waals surface area contributed by atoms with Gasteiger partial charge in [0.05, 0.1) is 4.92 Å². The van der Waals surface area contributed by atoms with Crippen molar-refractivity contribution in [3.63, 3.8) is 0 Å². The van der Waals surface area contributed by atoms with E-state index >= 15 is 0 Å². The SMILES string of the molecule is CNc1nc(C)c([N+](=O)[O-])c(N(C)CC2CC2C)n1. The number of nitrogens with zero attached hydrogens (tertiary/aromatic N) is 4. The van der Waals surface area contributed by atoms with E-state index in [0.717, 1.165) is 6.54 Å². The van der Waals surface area contributed by atoms with Crippen molar-refractivity contribution in [1.29, 1.82) is 0 Å². The van der Waals surface area contributed by atoms with Crippen LogP contribution in [0.15, 0.2) is 0 Å². The summed E-state index contributed by atoms with van der Waals surface area (Å²) in [5.74, 6) is 2.11. The molecule has 104 valence electrons. The molecule has 1 N–H and O–H groups in total. The molecule has 0 bridgehead atoms. The summed E-state index contributed by atoms with van der Waals surface area (Å²) in [5.41, 5.74) is 0.379. The van der Waals surface area contributed by atoms with Gasteiger partial charge in [-0.3, -0.25) is 10.1 Å². The molecule has 1 aromatic rings. The summed E-state index contributed by atoms with van der Waals surface area (Å²) in [4.78, 5) is 21.0. The molecule has 0 amide bonds. The Labute approximate surface area is 112 Å². The maximum Gasteiger partial charge on any atom is 0.332 e. The second kappa shape index (κ2) is 4.99. The molecule has 1 aromatic heterocycles. The molecule has 7 nitrogen and oxygen atoms in total. The minimum absolute atomic E-state index is 0.00481. The molecule has 1 fully saturated rings. The topological polar surface area (TPSA) is 84.2 Å². The van der Waals surface area contributed by atoms with Gasteiger partial charge in [0, 0.05) is 20.6 Å². The second-order valence-electron chi connectivity index (χ2n) is 5.17. The van der Waals surface area contributed by atoms with E-state index in [2.05, 4.69) is 22.2 Å². The Kier molecular flexibility index (Phi) is 3.55. The van der Waals surface area contributed by atoms with Gasteiger partial charge < -0.3 is 10.2 Å². The monoisotopic (exact) mass is 265 g/mol. The lowest BCUT2D eigenvalue weighted by Gasteiger charge is -2.19. The Bertz CT molecular complexity index is 505. The zero-order valence-corrected chi connectivity index (χ0v) is 11.7. The first-order valence-corrected chi connectivity index (χ1v) is 6.36. The van der Waals surface area contributed by atoms with Gasteiger partial charge in [-0.2, -0.15) is 4.98 Å².